The number of ketones is 1. The second-order valence-corrected chi connectivity index (χ2v) is 8.30. The molecule has 1 aromatic carbocycles. The van der Waals surface area contributed by atoms with Crippen molar-refractivity contribution >= 4 is 17.6 Å². The van der Waals surface area contributed by atoms with Crippen LogP contribution in [0, 0.1) is 0 Å². The van der Waals surface area contributed by atoms with Crippen molar-refractivity contribution in [2.45, 2.75) is 45.9 Å². The molecule has 1 saturated heterocycles. The Kier molecular flexibility index (Phi) is 6.55. The highest BCUT2D eigenvalue weighted by Gasteiger charge is 2.36. The van der Waals surface area contributed by atoms with Crippen molar-refractivity contribution in [1.82, 2.24) is 15.1 Å². The fraction of sp³-hybridized carbons (Fsp3) is 0.400. The predicted octanol–water partition coefficient (Wildman–Crippen LogP) is 2.44. The topological polar surface area (TPSA) is 79.0 Å². The minimum Gasteiger partial charge on any atom is -0.484 e. The van der Waals surface area contributed by atoms with Crippen LogP contribution in [0.5, 0.6) is 0 Å². The second kappa shape index (κ2) is 9.53. The molecule has 168 valence electrons. The van der Waals surface area contributed by atoms with Gasteiger partial charge in [0.05, 0.1) is 0 Å². The maximum atomic E-state index is 12.5. The van der Waals surface area contributed by atoms with E-state index in [1.54, 1.807) is 6.08 Å². The van der Waals surface area contributed by atoms with Gasteiger partial charge in [-0.05, 0) is 48.4 Å². The third kappa shape index (κ3) is 4.67. The lowest BCUT2D eigenvalue weighted by Gasteiger charge is -2.29. The van der Waals surface area contributed by atoms with Gasteiger partial charge in [-0.1, -0.05) is 38.1 Å². The zero-order chi connectivity index (χ0) is 22.7. The van der Waals surface area contributed by atoms with Crippen molar-refractivity contribution in [1.29, 1.82) is 0 Å². The van der Waals surface area contributed by atoms with E-state index >= 15 is 0 Å². The van der Waals surface area contributed by atoms with Crippen LogP contribution in [-0.4, -0.2) is 53.1 Å². The SMILES string of the molecule is CCN(CC)Cc1ccc(COC2=C3CN(C4CCC(=O)NC4=O)C=C3C=CC2=O)cc1. The molecule has 0 radical (unpaired) electrons. The Balaban J connectivity index is 1.43. The van der Waals surface area contributed by atoms with Gasteiger partial charge < -0.3 is 9.64 Å². The minimum absolute atomic E-state index is 0.166. The first-order valence-electron chi connectivity index (χ1n) is 11.2. The molecule has 0 aromatic heterocycles. The molecule has 2 heterocycles. The van der Waals surface area contributed by atoms with E-state index in [2.05, 4.69) is 36.2 Å². The molecule has 7 nitrogen and oxygen atoms in total. The van der Waals surface area contributed by atoms with Gasteiger partial charge in [-0.15, -0.1) is 0 Å². The zero-order valence-corrected chi connectivity index (χ0v) is 18.6. The Labute approximate surface area is 188 Å². The molecule has 0 spiro atoms. The fourth-order valence-electron chi connectivity index (χ4n) is 4.27. The lowest BCUT2D eigenvalue weighted by Crippen LogP contribution is -2.50. The molecule has 4 rings (SSSR count). The van der Waals surface area contributed by atoms with Crippen molar-refractivity contribution in [2.75, 3.05) is 19.6 Å². The summed E-state index contributed by atoms with van der Waals surface area (Å²) in [6.07, 6.45) is 5.93. The number of imide groups is 1. The summed E-state index contributed by atoms with van der Waals surface area (Å²) in [5, 5.41) is 2.39. The average Bonchev–Trinajstić information content (AvgIpc) is 3.21. The van der Waals surface area contributed by atoms with E-state index in [9.17, 15) is 14.4 Å². The van der Waals surface area contributed by atoms with Gasteiger partial charge in [0.15, 0.2) is 5.76 Å². The number of carbonyl (C=O) groups excluding carboxylic acids is 3. The summed E-state index contributed by atoms with van der Waals surface area (Å²) < 4.78 is 5.98. The number of benzene rings is 1. The zero-order valence-electron chi connectivity index (χ0n) is 18.6. The Morgan fingerprint density at radius 2 is 1.78 bits per heavy atom. The van der Waals surface area contributed by atoms with Gasteiger partial charge in [-0.2, -0.15) is 0 Å². The molecular weight excluding hydrogens is 406 g/mol. The highest BCUT2D eigenvalue weighted by molar-refractivity contribution is 6.06. The molecule has 1 atom stereocenters. The van der Waals surface area contributed by atoms with Gasteiger partial charge in [-0.3, -0.25) is 24.6 Å². The van der Waals surface area contributed by atoms with E-state index in [0.29, 0.717) is 31.8 Å². The number of allylic oxidation sites excluding steroid dienone is 2. The van der Waals surface area contributed by atoms with E-state index in [0.717, 1.165) is 36.3 Å². The van der Waals surface area contributed by atoms with Gasteiger partial charge in [0, 0.05) is 31.3 Å². The van der Waals surface area contributed by atoms with Crippen LogP contribution < -0.4 is 5.32 Å². The van der Waals surface area contributed by atoms with Crippen LogP contribution in [0.2, 0.25) is 0 Å². The molecule has 1 aliphatic carbocycles. The number of amides is 2. The average molecular weight is 436 g/mol. The highest BCUT2D eigenvalue weighted by atomic mass is 16.5. The third-order valence-electron chi connectivity index (χ3n) is 6.22. The largest absolute Gasteiger partial charge is 0.484 e. The first-order chi connectivity index (χ1) is 15.5. The summed E-state index contributed by atoms with van der Waals surface area (Å²) in [7, 11) is 0. The number of nitrogens with zero attached hydrogens (tertiary/aromatic N) is 2. The Morgan fingerprint density at radius 1 is 1.06 bits per heavy atom. The van der Waals surface area contributed by atoms with Crippen LogP contribution in [0.1, 0.15) is 37.8 Å². The molecule has 1 unspecified atom stereocenters. The lowest BCUT2D eigenvalue weighted by atomic mass is 10.00. The molecule has 0 saturated carbocycles. The molecule has 0 bridgehead atoms. The smallest absolute Gasteiger partial charge is 0.249 e. The Bertz CT molecular complexity index is 1000. The monoisotopic (exact) mass is 435 g/mol. The first kappa shape index (κ1) is 22.0. The maximum absolute atomic E-state index is 12.5. The molecule has 7 heteroatoms. The third-order valence-corrected chi connectivity index (χ3v) is 6.22. The van der Waals surface area contributed by atoms with Crippen LogP contribution in [0.4, 0.5) is 0 Å². The van der Waals surface area contributed by atoms with Crippen molar-refractivity contribution in [3.05, 3.63) is 70.6 Å². The van der Waals surface area contributed by atoms with Gasteiger partial charge in [-0.25, -0.2) is 0 Å². The number of piperidine rings is 1. The summed E-state index contributed by atoms with van der Waals surface area (Å²) in [6.45, 7) is 7.97. The van der Waals surface area contributed by atoms with Crippen LogP contribution in [0.3, 0.4) is 0 Å². The number of carbonyl (C=O) groups is 3. The number of rotatable bonds is 8. The highest BCUT2D eigenvalue weighted by Crippen LogP contribution is 2.32. The number of nitrogens with one attached hydrogen (secondary N) is 1. The quantitative estimate of drug-likeness (QED) is 0.632. The number of ether oxygens (including phenoxy) is 1. The minimum atomic E-state index is -0.415. The Hall–Kier alpha value is -3.19. The molecule has 1 N–H and O–H groups in total. The molecule has 2 amide bonds. The normalized spacial score (nSPS) is 20.6. The van der Waals surface area contributed by atoms with Crippen LogP contribution in [-0.2, 0) is 32.3 Å². The standard InChI is InChI=1S/C25H29N3O4/c1-3-27(4-2)13-17-5-7-18(8-6-17)16-32-24-20-15-28(14-19(20)9-11-22(24)29)21-10-12-23(30)26-25(21)31/h5-9,11,14,21H,3-4,10,12-13,15-16H2,1-2H3,(H,26,30,31). The van der Waals surface area contributed by atoms with Gasteiger partial charge in [0.2, 0.25) is 17.6 Å². The first-order valence-corrected chi connectivity index (χ1v) is 11.2. The predicted molar refractivity (Wildman–Crippen MR) is 120 cm³/mol. The van der Waals surface area contributed by atoms with Gasteiger partial charge >= 0.3 is 0 Å². The summed E-state index contributed by atoms with van der Waals surface area (Å²) in [4.78, 5) is 40.5. The van der Waals surface area contributed by atoms with Crippen LogP contribution >= 0.6 is 0 Å². The molecular formula is C25H29N3O4. The molecule has 3 aliphatic rings. The van der Waals surface area contributed by atoms with Crippen molar-refractivity contribution in [2.24, 2.45) is 0 Å². The molecule has 32 heavy (non-hydrogen) atoms. The van der Waals surface area contributed by atoms with E-state index in [4.69, 9.17) is 4.74 Å². The maximum Gasteiger partial charge on any atom is 0.249 e. The summed E-state index contributed by atoms with van der Waals surface area (Å²) in [5.41, 5.74) is 3.91. The van der Waals surface area contributed by atoms with E-state index < -0.39 is 6.04 Å². The van der Waals surface area contributed by atoms with Crippen molar-refractivity contribution in [3.63, 3.8) is 0 Å². The van der Waals surface area contributed by atoms with Gasteiger partial charge in [0.1, 0.15) is 12.6 Å². The number of hydrogen-bond acceptors (Lipinski definition) is 6. The molecule has 2 aliphatic heterocycles. The van der Waals surface area contributed by atoms with E-state index in [1.807, 2.05) is 23.2 Å². The summed E-state index contributed by atoms with van der Waals surface area (Å²) in [6, 6.07) is 7.86. The molecule has 1 aromatic rings. The van der Waals surface area contributed by atoms with Crippen molar-refractivity contribution < 1.29 is 19.1 Å². The van der Waals surface area contributed by atoms with E-state index in [1.165, 1.54) is 11.6 Å². The van der Waals surface area contributed by atoms with Crippen molar-refractivity contribution in [3.8, 4) is 0 Å². The van der Waals surface area contributed by atoms with Crippen LogP contribution in [0.25, 0.3) is 0 Å². The summed E-state index contributed by atoms with van der Waals surface area (Å²) >= 11 is 0. The number of hydrogen-bond donors (Lipinski definition) is 1. The fourth-order valence-corrected chi connectivity index (χ4v) is 4.27. The van der Waals surface area contributed by atoms with Gasteiger partial charge in [0.25, 0.3) is 0 Å². The summed E-state index contributed by atoms with van der Waals surface area (Å²) in [5.74, 6) is -0.363. The lowest BCUT2D eigenvalue weighted by molar-refractivity contribution is -0.136. The van der Waals surface area contributed by atoms with E-state index in [-0.39, 0.29) is 17.6 Å². The number of fused-ring (bicyclic) bond motifs is 1. The molecule has 1 fully saturated rings. The van der Waals surface area contributed by atoms with Crippen LogP contribution in [0.15, 0.2) is 59.5 Å². The Morgan fingerprint density at radius 3 is 2.47 bits per heavy atom. The second-order valence-electron chi connectivity index (χ2n) is 8.30.